The summed E-state index contributed by atoms with van der Waals surface area (Å²) in [5.74, 6) is 3.93. The van der Waals surface area contributed by atoms with Crippen molar-refractivity contribution in [3.63, 3.8) is 0 Å². The number of aromatic nitrogens is 2. The Balaban J connectivity index is 2.10. The first-order valence-electron chi connectivity index (χ1n) is 7.41. The maximum Gasteiger partial charge on any atom is 0.417 e. The highest BCUT2D eigenvalue weighted by atomic mass is 19.1. The van der Waals surface area contributed by atoms with Gasteiger partial charge in [0.25, 0.3) is 0 Å². The number of nitrogens with zero attached hydrogens (tertiary/aromatic N) is 3. The molecule has 7 heteroatoms. The van der Waals surface area contributed by atoms with Crippen LogP contribution in [0.5, 0.6) is 6.01 Å². The summed E-state index contributed by atoms with van der Waals surface area (Å²) in [5.41, 5.74) is -0.104. The van der Waals surface area contributed by atoms with E-state index in [-0.39, 0.29) is 11.6 Å². The number of ether oxygens (including phenoxy) is 1. The van der Waals surface area contributed by atoms with Gasteiger partial charge in [-0.15, -0.1) is 0 Å². The minimum atomic E-state index is -0.620. The van der Waals surface area contributed by atoms with Gasteiger partial charge in [0, 0.05) is 25.0 Å². The second kappa shape index (κ2) is 7.26. The summed E-state index contributed by atoms with van der Waals surface area (Å²) in [5, 5.41) is 0. The van der Waals surface area contributed by atoms with Gasteiger partial charge >= 0.3 is 12.1 Å². The molecule has 0 unspecified atom stereocenters. The molecule has 0 radical (unpaired) electrons. The number of hydrogen-bond donors (Lipinski definition) is 0. The van der Waals surface area contributed by atoms with Crippen molar-refractivity contribution in [3.05, 3.63) is 53.4 Å². The van der Waals surface area contributed by atoms with Crippen molar-refractivity contribution in [2.75, 3.05) is 7.05 Å². The molecule has 0 N–H and O–H groups in total. The molecule has 130 valence electrons. The Kier molecular flexibility index (Phi) is 5.32. The van der Waals surface area contributed by atoms with Crippen molar-refractivity contribution in [1.82, 2.24) is 14.9 Å². The minimum absolute atomic E-state index is 0.0673. The maximum atomic E-state index is 13.5. The van der Waals surface area contributed by atoms with Crippen LogP contribution in [0.2, 0.25) is 0 Å². The second-order valence-electron chi connectivity index (χ2n) is 6.23. The Morgan fingerprint density at radius 3 is 2.40 bits per heavy atom. The van der Waals surface area contributed by atoms with Gasteiger partial charge < -0.3 is 9.64 Å². The summed E-state index contributed by atoms with van der Waals surface area (Å²) in [7, 11) is 1.61. The third-order valence-electron chi connectivity index (χ3n) is 3.36. The van der Waals surface area contributed by atoms with Gasteiger partial charge in [0.1, 0.15) is 11.6 Å². The topological polar surface area (TPSA) is 55.3 Å². The van der Waals surface area contributed by atoms with Crippen LogP contribution in [-0.2, 0) is 0 Å². The smallest absolute Gasteiger partial charge is 0.374 e. The molecule has 25 heavy (non-hydrogen) atoms. The molecule has 0 aliphatic rings. The first-order chi connectivity index (χ1) is 11.7. The highest BCUT2D eigenvalue weighted by molar-refractivity contribution is 5.70. The van der Waals surface area contributed by atoms with E-state index in [4.69, 9.17) is 4.74 Å². The van der Waals surface area contributed by atoms with Crippen molar-refractivity contribution in [2.45, 2.75) is 26.3 Å². The van der Waals surface area contributed by atoms with Gasteiger partial charge in [-0.05, 0) is 39.0 Å². The first-order valence-corrected chi connectivity index (χ1v) is 7.41. The van der Waals surface area contributed by atoms with Crippen molar-refractivity contribution in [3.8, 4) is 17.9 Å². The molecule has 0 atom stereocenters. The Morgan fingerprint density at radius 2 is 1.80 bits per heavy atom. The molecule has 0 fully saturated rings. The molecule has 0 aliphatic carbocycles. The van der Waals surface area contributed by atoms with E-state index in [9.17, 15) is 13.6 Å². The molecule has 1 aromatic heterocycles. The lowest BCUT2D eigenvalue weighted by Crippen LogP contribution is -2.44. The lowest BCUT2D eigenvalue weighted by molar-refractivity contribution is 0.121. The molecule has 1 heterocycles. The van der Waals surface area contributed by atoms with Crippen LogP contribution in [0, 0.1) is 23.5 Å². The van der Waals surface area contributed by atoms with E-state index >= 15 is 0 Å². The molecule has 2 rings (SSSR count). The molecular weight excluding hydrogens is 328 g/mol. The predicted molar refractivity (Wildman–Crippen MR) is 87.9 cm³/mol. The lowest BCUT2D eigenvalue weighted by atomic mass is 10.1. The van der Waals surface area contributed by atoms with Gasteiger partial charge in [0.15, 0.2) is 0 Å². The zero-order valence-electron chi connectivity index (χ0n) is 14.3. The van der Waals surface area contributed by atoms with Crippen LogP contribution in [0.15, 0.2) is 30.6 Å². The van der Waals surface area contributed by atoms with Crippen molar-refractivity contribution < 1.29 is 18.3 Å². The van der Waals surface area contributed by atoms with Crippen molar-refractivity contribution in [2.24, 2.45) is 0 Å². The fourth-order valence-corrected chi connectivity index (χ4v) is 1.59. The average molecular weight is 345 g/mol. The van der Waals surface area contributed by atoms with E-state index < -0.39 is 23.3 Å². The van der Waals surface area contributed by atoms with E-state index in [1.54, 1.807) is 7.05 Å². The quantitative estimate of drug-likeness (QED) is 0.744. The number of halogens is 2. The monoisotopic (exact) mass is 345 g/mol. The largest absolute Gasteiger partial charge is 0.417 e. The normalized spacial score (nSPS) is 10.6. The van der Waals surface area contributed by atoms with Gasteiger partial charge in [-0.2, -0.15) is 0 Å². The van der Waals surface area contributed by atoms with Crippen LogP contribution in [-0.4, -0.2) is 33.5 Å². The molecule has 0 spiro atoms. The molecule has 0 saturated heterocycles. The third kappa shape index (κ3) is 4.98. The fraction of sp³-hybridized carbons (Fsp3) is 0.278. The Bertz CT molecular complexity index is 834. The minimum Gasteiger partial charge on any atom is -0.374 e. The van der Waals surface area contributed by atoms with E-state index in [1.165, 1.54) is 17.3 Å². The highest BCUT2D eigenvalue weighted by Crippen LogP contribution is 2.13. The van der Waals surface area contributed by atoms with Crippen LogP contribution in [0.3, 0.4) is 0 Å². The molecule has 1 aromatic carbocycles. The second-order valence-corrected chi connectivity index (χ2v) is 6.23. The summed E-state index contributed by atoms with van der Waals surface area (Å²) in [6, 6.07) is 2.90. The molecule has 5 nitrogen and oxygen atoms in total. The lowest BCUT2D eigenvalue weighted by Gasteiger charge is -2.30. The van der Waals surface area contributed by atoms with Gasteiger partial charge in [-0.3, -0.25) is 0 Å². The highest BCUT2D eigenvalue weighted by Gasteiger charge is 2.24. The summed E-state index contributed by atoms with van der Waals surface area (Å²) >= 11 is 0. The van der Waals surface area contributed by atoms with Crippen molar-refractivity contribution >= 4 is 6.09 Å². The summed E-state index contributed by atoms with van der Waals surface area (Å²) in [6.45, 7) is 5.58. The Hall–Kier alpha value is -3.01. The van der Waals surface area contributed by atoms with Crippen LogP contribution < -0.4 is 4.74 Å². The maximum absolute atomic E-state index is 13.5. The zero-order chi connectivity index (χ0) is 18.6. The molecule has 0 bridgehead atoms. The number of amides is 1. The SMILES string of the molecule is CN(C(=O)Oc1ncc(C#Cc2cc(F)ccc2F)cn1)C(C)(C)C. The van der Waals surface area contributed by atoms with E-state index in [0.717, 1.165) is 18.2 Å². The van der Waals surface area contributed by atoms with E-state index in [0.29, 0.717) is 5.56 Å². The number of carbonyl (C=O) groups excluding carboxylic acids is 1. The van der Waals surface area contributed by atoms with Gasteiger partial charge in [-0.25, -0.2) is 23.5 Å². The van der Waals surface area contributed by atoms with Crippen LogP contribution in [0.1, 0.15) is 31.9 Å². The van der Waals surface area contributed by atoms with Crippen LogP contribution in [0.25, 0.3) is 0 Å². The summed E-state index contributed by atoms with van der Waals surface area (Å²) in [4.78, 5) is 21.1. The van der Waals surface area contributed by atoms with Gasteiger partial charge in [0.2, 0.25) is 0 Å². The molecule has 0 saturated carbocycles. The van der Waals surface area contributed by atoms with Crippen molar-refractivity contribution in [1.29, 1.82) is 0 Å². The van der Waals surface area contributed by atoms with E-state index in [1.807, 2.05) is 20.8 Å². The van der Waals surface area contributed by atoms with Gasteiger partial charge in [-0.1, -0.05) is 11.8 Å². The zero-order valence-corrected chi connectivity index (χ0v) is 14.3. The summed E-state index contributed by atoms with van der Waals surface area (Å²) in [6.07, 6.45) is 2.07. The number of rotatable bonds is 1. The summed E-state index contributed by atoms with van der Waals surface area (Å²) < 4.78 is 31.6. The predicted octanol–water partition coefficient (Wildman–Crippen LogP) is 3.38. The number of hydrogen-bond acceptors (Lipinski definition) is 4. The molecule has 2 aromatic rings. The van der Waals surface area contributed by atoms with Crippen LogP contribution >= 0.6 is 0 Å². The number of carbonyl (C=O) groups is 1. The molecular formula is C18H17F2N3O2. The Morgan fingerprint density at radius 1 is 1.16 bits per heavy atom. The fourth-order valence-electron chi connectivity index (χ4n) is 1.59. The molecule has 0 aliphatic heterocycles. The third-order valence-corrected chi connectivity index (χ3v) is 3.36. The number of benzene rings is 1. The van der Waals surface area contributed by atoms with Crippen LogP contribution in [0.4, 0.5) is 13.6 Å². The standard InChI is InChI=1S/C18H17F2N3O2/c1-18(2,3)23(4)17(24)25-16-21-10-12(11-22-16)5-6-13-9-14(19)7-8-15(13)20/h7-11H,1-4H3. The Labute approximate surface area is 144 Å². The first kappa shape index (κ1) is 18.3. The van der Waals surface area contributed by atoms with Gasteiger partial charge in [0.05, 0.1) is 11.1 Å². The van der Waals surface area contributed by atoms with E-state index in [2.05, 4.69) is 21.8 Å². The molecule has 1 amide bonds. The average Bonchev–Trinajstić information content (AvgIpc) is 2.55.